The summed E-state index contributed by atoms with van der Waals surface area (Å²) in [5.41, 5.74) is 2.38. The molecule has 0 aromatic carbocycles. The standard InChI is InChI=1S/C23H35N3O3.CH2O2/c1-4-29-12-11-25-15-18-13-19(16-25)21(26-20(18)8-6-10-23(26)28)14-24-22(27)9-5-7-17(2)3;2-1-3/h6-8,10,18-19,21H,4-5,9,11-16H2,1-3H3,(H,24,27);1H,(H,2,3)/t18-,19+,21+;/m1./s1. The highest BCUT2D eigenvalue weighted by molar-refractivity contribution is 5.76. The fourth-order valence-electron chi connectivity index (χ4n) is 4.72. The molecule has 8 nitrogen and oxygen atoms in total. The Morgan fingerprint density at radius 2 is 2.06 bits per heavy atom. The van der Waals surface area contributed by atoms with Crippen molar-refractivity contribution in [2.75, 3.05) is 39.4 Å². The lowest BCUT2D eigenvalue weighted by molar-refractivity contribution is -0.123. The lowest BCUT2D eigenvalue weighted by Crippen LogP contribution is -2.52. The first-order valence-electron chi connectivity index (χ1n) is 11.4. The monoisotopic (exact) mass is 447 g/mol. The average Bonchev–Trinajstić information content (AvgIpc) is 2.74. The number of hydrogen-bond acceptors (Lipinski definition) is 5. The van der Waals surface area contributed by atoms with Gasteiger partial charge in [0.25, 0.3) is 12.0 Å². The first-order chi connectivity index (χ1) is 15.4. The van der Waals surface area contributed by atoms with Crippen LogP contribution in [0.1, 0.15) is 57.7 Å². The van der Waals surface area contributed by atoms with Crippen molar-refractivity contribution in [1.29, 1.82) is 0 Å². The van der Waals surface area contributed by atoms with Gasteiger partial charge < -0.3 is 24.6 Å². The second-order valence-electron chi connectivity index (χ2n) is 8.61. The maximum absolute atomic E-state index is 12.7. The number of carbonyl (C=O) groups excluding carboxylic acids is 1. The molecule has 0 unspecified atom stereocenters. The van der Waals surface area contributed by atoms with E-state index in [2.05, 4.69) is 22.4 Å². The fourth-order valence-corrected chi connectivity index (χ4v) is 4.72. The van der Waals surface area contributed by atoms with Crippen LogP contribution in [-0.4, -0.2) is 66.3 Å². The molecule has 2 aliphatic rings. The number of nitrogens with one attached hydrogen (secondary N) is 1. The fraction of sp³-hybridized carbons (Fsp3) is 0.625. The number of fused-ring (bicyclic) bond motifs is 4. The Bertz CT molecular complexity index is 831. The number of aromatic nitrogens is 1. The molecule has 178 valence electrons. The van der Waals surface area contributed by atoms with Crippen LogP contribution in [0.25, 0.3) is 0 Å². The van der Waals surface area contributed by atoms with E-state index in [1.54, 1.807) is 6.07 Å². The van der Waals surface area contributed by atoms with Gasteiger partial charge in [-0.1, -0.05) is 17.7 Å². The van der Waals surface area contributed by atoms with E-state index in [0.717, 1.165) is 51.4 Å². The molecular weight excluding hydrogens is 410 g/mol. The van der Waals surface area contributed by atoms with Crippen molar-refractivity contribution in [3.05, 3.63) is 45.9 Å². The predicted molar refractivity (Wildman–Crippen MR) is 124 cm³/mol. The Kier molecular flexibility index (Phi) is 10.6. The summed E-state index contributed by atoms with van der Waals surface area (Å²) in [6.45, 7) is 10.7. The quantitative estimate of drug-likeness (QED) is 0.343. The molecular formula is C24H37N3O5. The van der Waals surface area contributed by atoms with Gasteiger partial charge in [0.15, 0.2) is 0 Å². The first kappa shape index (κ1) is 25.8. The normalized spacial score (nSPS) is 21.5. The zero-order valence-electron chi connectivity index (χ0n) is 19.5. The van der Waals surface area contributed by atoms with E-state index in [0.29, 0.717) is 24.8 Å². The van der Waals surface area contributed by atoms with Gasteiger partial charge in [0, 0.05) is 56.9 Å². The second-order valence-corrected chi connectivity index (χ2v) is 8.61. The molecule has 0 radical (unpaired) electrons. The first-order valence-corrected chi connectivity index (χ1v) is 11.4. The number of carbonyl (C=O) groups is 2. The Balaban J connectivity index is 0.00000114. The lowest BCUT2D eigenvalue weighted by atomic mass is 9.78. The van der Waals surface area contributed by atoms with Crippen LogP contribution < -0.4 is 10.9 Å². The van der Waals surface area contributed by atoms with Gasteiger partial charge in [-0.2, -0.15) is 0 Å². The second kappa shape index (κ2) is 13.2. The number of allylic oxidation sites excluding steroid dienone is 2. The van der Waals surface area contributed by atoms with Crippen molar-refractivity contribution in [1.82, 2.24) is 14.8 Å². The topological polar surface area (TPSA) is 101 Å². The highest BCUT2D eigenvalue weighted by Crippen LogP contribution is 2.40. The number of piperidine rings is 1. The number of likely N-dealkylation sites (tertiary alicyclic amines) is 1. The maximum atomic E-state index is 12.7. The van der Waals surface area contributed by atoms with Crippen molar-refractivity contribution in [3.8, 4) is 0 Å². The van der Waals surface area contributed by atoms with Gasteiger partial charge in [0.05, 0.1) is 12.6 Å². The van der Waals surface area contributed by atoms with Crippen LogP contribution in [0.2, 0.25) is 0 Å². The van der Waals surface area contributed by atoms with Crippen molar-refractivity contribution in [2.24, 2.45) is 5.92 Å². The highest BCUT2D eigenvalue weighted by atomic mass is 16.5. The Morgan fingerprint density at radius 1 is 1.31 bits per heavy atom. The number of hydrogen-bond donors (Lipinski definition) is 2. The minimum atomic E-state index is -0.250. The van der Waals surface area contributed by atoms with Gasteiger partial charge in [-0.3, -0.25) is 14.4 Å². The molecule has 1 fully saturated rings. The van der Waals surface area contributed by atoms with Crippen molar-refractivity contribution < 1.29 is 19.4 Å². The number of ether oxygens (including phenoxy) is 1. The molecule has 0 aliphatic carbocycles. The van der Waals surface area contributed by atoms with E-state index in [-0.39, 0.29) is 24.0 Å². The number of pyridine rings is 1. The molecule has 3 rings (SSSR count). The number of rotatable bonds is 9. The zero-order chi connectivity index (χ0) is 23.5. The van der Waals surface area contributed by atoms with Crippen LogP contribution in [0.3, 0.4) is 0 Å². The van der Waals surface area contributed by atoms with Crippen molar-refractivity contribution in [2.45, 2.75) is 52.0 Å². The molecule has 32 heavy (non-hydrogen) atoms. The van der Waals surface area contributed by atoms with Crippen molar-refractivity contribution in [3.63, 3.8) is 0 Å². The molecule has 1 saturated heterocycles. The van der Waals surface area contributed by atoms with Gasteiger partial charge in [0.2, 0.25) is 5.91 Å². The van der Waals surface area contributed by atoms with Gasteiger partial charge in [0.1, 0.15) is 0 Å². The summed E-state index contributed by atoms with van der Waals surface area (Å²) in [4.78, 5) is 35.8. The summed E-state index contributed by atoms with van der Waals surface area (Å²) in [6, 6.07) is 5.60. The Hall–Kier alpha value is -2.45. The van der Waals surface area contributed by atoms with Crippen LogP contribution in [0, 0.1) is 5.92 Å². The molecule has 2 bridgehead atoms. The van der Waals surface area contributed by atoms with E-state index in [1.165, 1.54) is 5.57 Å². The van der Waals surface area contributed by atoms with Gasteiger partial charge in [-0.05, 0) is 45.6 Å². The van der Waals surface area contributed by atoms with E-state index in [9.17, 15) is 9.59 Å². The van der Waals surface area contributed by atoms with E-state index in [4.69, 9.17) is 14.6 Å². The molecule has 1 amide bonds. The van der Waals surface area contributed by atoms with E-state index >= 15 is 0 Å². The maximum Gasteiger partial charge on any atom is 0.290 e. The van der Waals surface area contributed by atoms with Gasteiger partial charge in [-0.25, -0.2) is 0 Å². The van der Waals surface area contributed by atoms with E-state index in [1.807, 2.05) is 31.4 Å². The molecule has 0 spiro atoms. The van der Waals surface area contributed by atoms with Crippen molar-refractivity contribution >= 4 is 12.4 Å². The summed E-state index contributed by atoms with van der Waals surface area (Å²) in [5, 5.41) is 9.98. The summed E-state index contributed by atoms with van der Waals surface area (Å²) >= 11 is 0. The van der Waals surface area contributed by atoms with Crippen LogP contribution in [0.15, 0.2) is 34.6 Å². The zero-order valence-corrected chi connectivity index (χ0v) is 19.5. The van der Waals surface area contributed by atoms with Crippen LogP contribution in [-0.2, 0) is 14.3 Å². The summed E-state index contributed by atoms with van der Waals surface area (Å²) in [7, 11) is 0. The summed E-state index contributed by atoms with van der Waals surface area (Å²) < 4.78 is 7.50. The molecule has 3 heterocycles. The van der Waals surface area contributed by atoms with Gasteiger partial charge in [-0.15, -0.1) is 0 Å². The summed E-state index contributed by atoms with van der Waals surface area (Å²) in [5.74, 6) is 0.786. The molecule has 0 saturated carbocycles. The molecule has 2 aliphatic heterocycles. The Morgan fingerprint density at radius 3 is 2.75 bits per heavy atom. The SMILES string of the molecule is CCOCCN1C[C@H]2C[C@@H](C1)[C@H](CNC(=O)CCC=C(C)C)n1c2cccc1=O.O=CO. The molecule has 1 aromatic rings. The van der Waals surface area contributed by atoms with Crippen LogP contribution in [0.4, 0.5) is 0 Å². The van der Waals surface area contributed by atoms with Gasteiger partial charge >= 0.3 is 0 Å². The summed E-state index contributed by atoms with van der Waals surface area (Å²) in [6.07, 6.45) is 4.41. The largest absolute Gasteiger partial charge is 0.483 e. The smallest absolute Gasteiger partial charge is 0.290 e. The molecule has 2 N–H and O–H groups in total. The highest BCUT2D eigenvalue weighted by Gasteiger charge is 2.40. The number of carboxylic acid groups (broad SMARTS) is 1. The molecule has 1 aromatic heterocycles. The Labute approximate surface area is 190 Å². The van der Waals surface area contributed by atoms with Crippen LogP contribution in [0.5, 0.6) is 0 Å². The minimum Gasteiger partial charge on any atom is -0.483 e. The minimum absolute atomic E-state index is 0.0113. The third kappa shape index (κ3) is 7.31. The molecule has 8 heteroatoms. The predicted octanol–water partition coefficient (Wildman–Crippen LogP) is 2.41. The third-order valence-electron chi connectivity index (χ3n) is 6.06. The number of nitrogens with zero attached hydrogens (tertiary/aromatic N) is 2. The lowest BCUT2D eigenvalue weighted by Gasteiger charge is -2.47. The number of amides is 1. The van der Waals surface area contributed by atoms with E-state index < -0.39 is 0 Å². The third-order valence-corrected chi connectivity index (χ3v) is 6.06. The van der Waals surface area contributed by atoms with Crippen LogP contribution >= 0.6 is 0 Å². The molecule has 3 atom stereocenters. The average molecular weight is 448 g/mol.